The van der Waals surface area contributed by atoms with E-state index in [4.69, 9.17) is 14.2 Å². The summed E-state index contributed by atoms with van der Waals surface area (Å²) < 4.78 is 16.8. The van der Waals surface area contributed by atoms with Crippen LogP contribution in [0.15, 0.2) is 24.3 Å². The molecule has 0 aliphatic rings. The van der Waals surface area contributed by atoms with E-state index in [1.807, 2.05) is 0 Å². The Bertz CT molecular complexity index is 989. The summed E-state index contributed by atoms with van der Waals surface area (Å²) in [6.07, 6.45) is 57.3. The van der Waals surface area contributed by atoms with Gasteiger partial charge in [-0.1, -0.05) is 244 Å². The molecular weight excluding hydrogens is 757 g/mol. The van der Waals surface area contributed by atoms with Crippen molar-refractivity contribution in [2.75, 3.05) is 13.2 Å². The molecule has 0 aliphatic heterocycles. The summed E-state index contributed by atoms with van der Waals surface area (Å²) in [7, 11) is 0. The van der Waals surface area contributed by atoms with Gasteiger partial charge in [-0.15, -0.1) is 0 Å². The molecule has 0 unspecified atom stereocenters. The van der Waals surface area contributed by atoms with Crippen molar-refractivity contribution in [2.45, 2.75) is 297 Å². The van der Waals surface area contributed by atoms with E-state index in [0.717, 1.165) is 70.6 Å². The van der Waals surface area contributed by atoms with Crippen LogP contribution in [0.1, 0.15) is 290 Å². The molecule has 0 aliphatic carbocycles. The Labute approximate surface area is 379 Å². The van der Waals surface area contributed by atoms with Gasteiger partial charge in [0.15, 0.2) is 6.10 Å². The van der Waals surface area contributed by atoms with Crippen LogP contribution in [0, 0.1) is 0 Å². The number of hydrogen-bond acceptors (Lipinski definition) is 6. The average molecular weight is 859 g/mol. The number of unbranched alkanes of at least 4 members (excludes halogenated alkanes) is 34. The van der Waals surface area contributed by atoms with Crippen molar-refractivity contribution in [3.8, 4) is 0 Å². The normalized spacial score (nSPS) is 12.1. The first-order valence-electron chi connectivity index (χ1n) is 26.8. The van der Waals surface area contributed by atoms with Gasteiger partial charge in [0.2, 0.25) is 0 Å². The smallest absolute Gasteiger partial charge is 0.306 e. The van der Waals surface area contributed by atoms with Gasteiger partial charge in [0.1, 0.15) is 13.2 Å². The van der Waals surface area contributed by atoms with E-state index in [-0.39, 0.29) is 31.1 Å². The molecule has 0 heterocycles. The average Bonchev–Trinajstić information content (AvgIpc) is 3.26. The highest BCUT2D eigenvalue weighted by Gasteiger charge is 2.19. The first-order chi connectivity index (χ1) is 30.0. The molecule has 0 rings (SSSR count). The molecule has 0 bridgehead atoms. The zero-order valence-electron chi connectivity index (χ0n) is 40.9. The van der Waals surface area contributed by atoms with Crippen LogP contribution >= 0.6 is 0 Å². The highest BCUT2D eigenvalue weighted by atomic mass is 16.6. The van der Waals surface area contributed by atoms with Gasteiger partial charge in [-0.2, -0.15) is 0 Å². The van der Waals surface area contributed by atoms with E-state index in [1.54, 1.807) is 0 Å². The van der Waals surface area contributed by atoms with Crippen molar-refractivity contribution in [2.24, 2.45) is 0 Å². The molecule has 0 spiro atoms. The van der Waals surface area contributed by atoms with E-state index in [9.17, 15) is 14.4 Å². The van der Waals surface area contributed by atoms with Crippen molar-refractivity contribution in [3.05, 3.63) is 24.3 Å². The van der Waals surface area contributed by atoms with E-state index in [2.05, 4.69) is 45.1 Å². The maximum atomic E-state index is 12.8. The van der Waals surface area contributed by atoms with Gasteiger partial charge in [0.25, 0.3) is 0 Å². The van der Waals surface area contributed by atoms with E-state index < -0.39 is 6.10 Å². The topological polar surface area (TPSA) is 78.9 Å². The van der Waals surface area contributed by atoms with Crippen molar-refractivity contribution in [1.29, 1.82) is 0 Å². The third-order valence-corrected chi connectivity index (χ3v) is 12.0. The Kier molecular flexibility index (Phi) is 48.8. The van der Waals surface area contributed by atoms with Crippen molar-refractivity contribution in [3.63, 3.8) is 0 Å². The second-order valence-electron chi connectivity index (χ2n) is 18.2. The van der Waals surface area contributed by atoms with Crippen molar-refractivity contribution in [1.82, 2.24) is 0 Å². The maximum absolute atomic E-state index is 12.8. The van der Waals surface area contributed by atoms with Crippen molar-refractivity contribution >= 4 is 17.9 Å². The zero-order valence-corrected chi connectivity index (χ0v) is 40.9. The predicted molar refractivity (Wildman–Crippen MR) is 261 cm³/mol. The zero-order chi connectivity index (χ0) is 44.4. The van der Waals surface area contributed by atoms with Crippen LogP contribution < -0.4 is 0 Å². The summed E-state index contributed by atoms with van der Waals surface area (Å²) in [6.45, 7) is 6.63. The van der Waals surface area contributed by atoms with E-state index in [1.165, 1.54) is 180 Å². The summed E-state index contributed by atoms with van der Waals surface area (Å²) in [5, 5.41) is 0. The minimum atomic E-state index is -0.768. The van der Waals surface area contributed by atoms with Gasteiger partial charge in [0.05, 0.1) is 0 Å². The Morgan fingerprint density at radius 2 is 0.590 bits per heavy atom. The first-order valence-corrected chi connectivity index (χ1v) is 26.8. The van der Waals surface area contributed by atoms with Gasteiger partial charge >= 0.3 is 17.9 Å². The third kappa shape index (κ3) is 48.8. The molecule has 0 fully saturated rings. The number of ether oxygens (including phenoxy) is 3. The molecule has 0 radical (unpaired) electrons. The molecule has 6 nitrogen and oxygen atoms in total. The molecule has 1 atom stereocenters. The Hall–Kier alpha value is -2.11. The second-order valence-corrected chi connectivity index (χ2v) is 18.2. The second kappa shape index (κ2) is 50.5. The molecule has 0 aromatic carbocycles. The highest BCUT2D eigenvalue weighted by molar-refractivity contribution is 5.71. The van der Waals surface area contributed by atoms with Crippen LogP contribution in [-0.2, 0) is 28.6 Å². The summed E-state index contributed by atoms with van der Waals surface area (Å²) >= 11 is 0. The standard InChI is InChI=1S/C55H102O6/c1-4-7-10-13-16-19-22-24-26-27-29-31-34-36-39-42-45-48-54(57)60-51-52(61-55(58)49-46-43-40-37-32-21-18-15-12-9-6-3)50-59-53(56)47-44-41-38-35-33-30-28-25-23-20-17-14-11-8-5-2/h16,19,24,26,52H,4-15,17-18,20-23,25,27-51H2,1-3H3/b19-16-,26-24-/t52-/m0/s1. The lowest BCUT2D eigenvalue weighted by atomic mass is 10.0. The summed E-state index contributed by atoms with van der Waals surface area (Å²) in [5.74, 6) is -0.861. The van der Waals surface area contributed by atoms with Crippen molar-refractivity contribution < 1.29 is 28.6 Å². The van der Waals surface area contributed by atoms with Crippen LogP contribution in [0.5, 0.6) is 0 Å². The highest BCUT2D eigenvalue weighted by Crippen LogP contribution is 2.16. The van der Waals surface area contributed by atoms with Crippen LogP contribution in [0.3, 0.4) is 0 Å². The van der Waals surface area contributed by atoms with E-state index in [0.29, 0.717) is 19.3 Å². The molecule has 0 aromatic rings. The number of carbonyl (C=O) groups excluding carboxylic acids is 3. The van der Waals surface area contributed by atoms with Gasteiger partial charge in [-0.3, -0.25) is 14.4 Å². The fraction of sp³-hybridized carbons (Fsp3) is 0.873. The molecule has 6 heteroatoms. The summed E-state index contributed by atoms with van der Waals surface area (Å²) in [4.78, 5) is 38.0. The fourth-order valence-electron chi connectivity index (χ4n) is 7.89. The molecule has 0 saturated heterocycles. The Morgan fingerprint density at radius 1 is 0.328 bits per heavy atom. The quantitative estimate of drug-likeness (QED) is 0.0262. The van der Waals surface area contributed by atoms with Crippen LogP contribution in [-0.4, -0.2) is 37.2 Å². The number of carbonyl (C=O) groups is 3. The number of hydrogen-bond donors (Lipinski definition) is 0. The lowest BCUT2D eigenvalue weighted by molar-refractivity contribution is -0.167. The predicted octanol–water partition coefficient (Wildman–Crippen LogP) is 17.5. The lowest BCUT2D eigenvalue weighted by Gasteiger charge is -2.18. The molecule has 61 heavy (non-hydrogen) atoms. The number of allylic oxidation sites excluding steroid dienone is 4. The third-order valence-electron chi connectivity index (χ3n) is 12.0. The van der Waals surface area contributed by atoms with Gasteiger partial charge in [0, 0.05) is 19.3 Å². The minimum absolute atomic E-state index is 0.0686. The molecule has 0 saturated carbocycles. The SMILES string of the molecule is CCCCC/C=C\C/C=C\CCCCCCCCCC(=O)OC[C@H](COC(=O)CCCCCCCCCCCCCCCCC)OC(=O)CCCCCCCCCCCCC. The number of rotatable bonds is 49. The number of esters is 3. The lowest BCUT2D eigenvalue weighted by Crippen LogP contribution is -2.30. The molecule has 358 valence electrons. The summed E-state index contributed by atoms with van der Waals surface area (Å²) in [6, 6.07) is 0. The van der Waals surface area contributed by atoms with Gasteiger partial charge in [-0.05, 0) is 51.4 Å². The van der Waals surface area contributed by atoms with Crippen LogP contribution in [0.4, 0.5) is 0 Å². The monoisotopic (exact) mass is 859 g/mol. The molecule has 0 N–H and O–H groups in total. The molecule has 0 amide bonds. The Balaban J connectivity index is 4.31. The molecule has 0 aromatic heterocycles. The molecular formula is C55H102O6. The van der Waals surface area contributed by atoms with Gasteiger partial charge in [-0.25, -0.2) is 0 Å². The largest absolute Gasteiger partial charge is 0.462 e. The first kappa shape index (κ1) is 58.9. The Morgan fingerprint density at radius 3 is 0.934 bits per heavy atom. The van der Waals surface area contributed by atoms with Crippen LogP contribution in [0.2, 0.25) is 0 Å². The minimum Gasteiger partial charge on any atom is -0.462 e. The van der Waals surface area contributed by atoms with Gasteiger partial charge < -0.3 is 14.2 Å². The van der Waals surface area contributed by atoms with Crippen LogP contribution in [0.25, 0.3) is 0 Å². The van der Waals surface area contributed by atoms with E-state index >= 15 is 0 Å². The summed E-state index contributed by atoms with van der Waals surface area (Å²) in [5.41, 5.74) is 0. The maximum Gasteiger partial charge on any atom is 0.306 e. The fourth-order valence-corrected chi connectivity index (χ4v) is 7.89.